The number of para-hydroxylation sites is 1. The molecule has 0 aliphatic rings. The number of benzene rings is 2. The van der Waals surface area contributed by atoms with Gasteiger partial charge < -0.3 is 4.74 Å². The lowest BCUT2D eigenvalue weighted by molar-refractivity contribution is 0.414. The van der Waals surface area contributed by atoms with Crippen LogP contribution < -0.4 is 10.2 Å². The molecule has 2 aromatic carbocycles. The molecule has 0 saturated carbocycles. The zero-order chi connectivity index (χ0) is 16.4. The molecule has 0 unspecified atom stereocenters. The van der Waals surface area contributed by atoms with E-state index in [-0.39, 0.29) is 0 Å². The first-order chi connectivity index (χ1) is 11.9. The predicted octanol–water partition coefficient (Wildman–Crippen LogP) is 2.73. The standard InChI is InChI=1S/C17H14N6O/c1-24-15-9-5-2-6-12(15)10-18-20-16-13-7-3-4-8-14(13)17-21-19-11-23(17)22-16/h2-11H,1H3,(H,20,22)/b18-10-. The summed E-state index contributed by atoms with van der Waals surface area (Å²) < 4.78 is 6.94. The lowest BCUT2D eigenvalue weighted by atomic mass is 10.2. The second kappa shape index (κ2) is 5.96. The molecule has 0 atom stereocenters. The zero-order valence-corrected chi connectivity index (χ0v) is 12.9. The van der Waals surface area contributed by atoms with E-state index in [0.717, 1.165) is 22.1 Å². The number of fused-ring (bicyclic) bond motifs is 3. The molecule has 0 saturated heterocycles. The van der Waals surface area contributed by atoms with Gasteiger partial charge in [-0.15, -0.1) is 15.3 Å². The van der Waals surface area contributed by atoms with E-state index in [0.29, 0.717) is 11.5 Å². The molecule has 0 bridgehead atoms. The van der Waals surface area contributed by atoms with Crippen LogP contribution >= 0.6 is 0 Å². The molecule has 7 heteroatoms. The van der Waals surface area contributed by atoms with Gasteiger partial charge in [-0.3, -0.25) is 5.43 Å². The highest BCUT2D eigenvalue weighted by atomic mass is 16.5. The summed E-state index contributed by atoms with van der Waals surface area (Å²) in [7, 11) is 1.63. The minimum atomic E-state index is 0.629. The van der Waals surface area contributed by atoms with Gasteiger partial charge in [0.05, 0.1) is 13.3 Å². The summed E-state index contributed by atoms with van der Waals surface area (Å²) in [6, 6.07) is 15.5. The van der Waals surface area contributed by atoms with Crippen molar-refractivity contribution >= 4 is 28.5 Å². The van der Waals surface area contributed by atoms with Crippen molar-refractivity contribution < 1.29 is 4.74 Å². The number of rotatable bonds is 4. The van der Waals surface area contributed by atoms with Crippen molar-refractivity contribution in [2.45, 2.75) is 0 Å². The van der Waals surface area contributed by atoms with Crippen molar-refractivity contribution in [3.63, 3.8) is 0 Å². The third-order valence-electron chi connectivity index (χ3n) is 3.67. The fraction of sp³-hybridized carbons (Fsp3) is 0.0588. The minimum absolute atomic E-state index is 0.629. The average Bonchev–Trinajstić information content (AvgIpc) is 3.11. The number of methoxy groups -OCH3 is 1. The Morgan fingerprint density at radius 2 is 1.88 bits per heavy atom. The summed E-state index contributed by atoms with van der Waals surface area (Å²) in [5, 5.41) is 18.7. The Kier molecular flexibility index (Phi) is 3.51. The molecule has 4 rings (SSSR count). The maximum atomic E-state index is 5.31. The third kappa shape index (κ3) is 2.41. The first-order valence-electron chi connectivity index (χ1n) is 7.37. The quantitative estimate of drug-likeness (QED) is 0.462. The predicted molar refractivity (Wildman–Crippen MR) is 92.5 cm³/mol. The van der Waals surface area contributed by atoms with Crippen molar-refractivity contribution in [1.82, 2.24) is 19.8 Å². The first kappa shape index (κ1) is 14.1. The molecule has 2 aromatic heterocycles. The molecule has 0 spiro atoms. The maximum absolute atomic E-state index is 5.31. The molecule has 0 amide bonds. The summed E-state index contributed by atoms with van der Waals surface area (Å²) in [6.45, 7) is 0. The summed E-state index contributed by atoms with van der Waals surface area (Å²) in [6.07, 6.45) is 3.27. The van der Waals surface area contributed by atoms with Crippen LogP contribution in [0.3, 0.4) is 0 Å². The van der Waals surface area contributed by atoms with E-state index in [9.17, 15) is 0 Å². The number of hydrogen-bond donors (Lipinski definition) is 1. The smallest absolute Gasteiger partial charge is 0.185 e. The minimum Gasteiger partial charge on any atom is -0.496 e. The van der Waals surface area contributed by atoms with Gasteiger partial charge in [0.1, 0.15) is 12.1 Å². The van der Waals surface area contributed by atoms with Gasteiger partial charge in [-0.2, -0.15) is 9.62 Å². The Balaban J connectivity index is 1.72. The van der Waals surface area contributed by atoms with Crippen LogP contribution in [0.4, 0.5) is 5.82 Å². The molecular weight excluding hydrogens is 304 g/mol. The van der Waals surface area contributed by atoms with Gasteiger partial charge in [0.25, 0.3) is 0 Å². The van der Waals surface area contributed by atoms with E-state index in [2.05, 4.69) is 25.8 Å². The number of nitrogens with zero attached hydrogens (tertiary/aromatic N) is 5. The number of hydrogen-bond acceptors (Lipinski definition) is 6. The molecular formula is C17H14N6O. The van der Waals surface area contributed by atoms with E-state index in [1.807, 2.05) is 48.5 Å². The molecule has 0 aliphatic heterocycles. The highest BCUT2D eigenvalue weighted by molar-refractivity contribution is 6.00. The topological polar surface area (TPSA) is 76.7 Å². The first-order valence-corrected chi connectivity index (χ1v) is 7.37. The van der Waals surface area contributed by atoms with Crippen molar-refractivity contribution in [1.29, 1.82) is 0 Å². The average molecular weight is 318 g/mol. The fourth-order valence-corrected chi connectivity index (χ4v) is 2.55. The maximum Gasteiger partial charge on any atom is 0.185 e. The summed E-state index contributed by atoms with van der Waals surface area (Å²) in [5.74, 6) is 1.39. The van der Waals surface area contributed by atoms with Crippen molar-refractivity contribution in [3.8, 4) is 5.75 Å². The van der Waals surface area contributed by atoms with Crippen LogP contribution in [0, 0.1) is 0 Å². The molecule has 2 heterocycles. The molecule has 0 aliphatic carbocycles. The summed E-state index contributed by atoms with van der Waals surface area (Å²) in [4.78, 5) is 0. The van der Waals surface area contributed by atoms with E-state index in [4.69, 9.17) is 4.74 Å². The molecule has 4 aromatic rings. The molecule has 0 radical (unpaired) electrons. The number of nitrogens with one attached hydrogen (secondary N) is 1. The van der Waals surface area contributed by atoms with Gasteiger partial charge >= 0.3 is 0 Å². The lowest BCUT2D eigenvalue weighted by Crippen LogP contribution is -2.01. The highest BCUT2D eigenvalue weighted by Gasteiger charge is 2.08. The van der Waals surface area contributed by atoms with Crippen LogP contribution in [0.5, 0.6) is 5.75 Å². The van der Waals surface area contributed by atoms with Crippen molar-refractivity contribution in [3.05, 3.63) is 60.4 Å². The van der Waals surface area contributed by atoms with Crippen LogP contribution in [-0.4, -0.2) is 33.1 Å². The number of aromatic nitrogens is 4. The monoisotopic (exact) mass is 318 g/mol. The zero-order valence-electron chi connectivity index (χ0n) is 12.9. The Labute approximate surface area is 137 Å². The molecule has 1 N–H and O–H groups in total. The summed E-state index contributed by atoms with van der Waals surface area (Å²) >= 11 is 0. The van der Waals surface area contributed by atoms with Gasteiger partial charge in [-0.1, -0.05) is 36.4 Å². The molecule has 118 valence electrons. The second-order valence-corrected chi connectivity index (χ2v) is 5.11. The van der Waals surface area contributed by atoms with Gasteiger partial charge in [0.15, 0.2) is 11.5 Å². The Hall–Kier alpha value is -3.48. The van der Waals surface area contributed by atoms with E-state index >= 15 is 0 Å². The van der Waals surface area contributed by atoms with E-state index < -0.39 is 0 Å². The van der Waals surface area contributed by atoms with Gasteiger partial charge in [-0.25, -0.2) is 0 Å². The molecule has 24 heavy (non-hydrogen) atoms. The van der Waals surface area contributed by atoms with E-state index in [1.165, 1.54) is 0 Å². The van der Waals surface area contributed by atoms with Crippen molar-refractivity contribution in [2.75, 3.05) is 12.5 Å². The Morgan fingerprint density at radius 3 is 2.75 bits per heavy atom. The lowest BCUT2D eigenvalue weighted by Gasteiger charge is -2.06. The van der Waals surface area contributed by atoms with Crippen LogP contribution in [-0.2, 0) is 0 Å². The Bertz CT molecular complexity index is 1040. The summed E-state index contributed by atoms with van der Waals surface area (Å²) in [5.41, 5.74) is 4.59. The molecule has 0 fully saturated rings. The largest absolute Gasteiger partial charge is 0.496 e. The Morgan fingerprint density at radius 1 is 1.08 bits per heavy atom. The second-order valence-electron chi connectivity index (χ2n) is 5.11. The number of hydrazone groups is 1. The molecule has 7 nitrogen and oxygen atoms in total. The van der Waals surface area contributed by atoms with Gasteiger partial charge in [0.2, 0.25) is 0 Å². The normalized spacial score (nSPS) is 11.4. The number of anilines is 1. The fourth-order valence-electron chi connectivity index (χ4n) is 2.55. The van der Waals surface area contributed by atoms with Crippen LogP contribution in [0.1, 0.15) is 5.56 Å². The van der Waals surface area contributed by atoms with Gasteiger partial charge in [0, 0.05) is 16.3 Å². The van der Waals surface area contributed by atoms with Gasteiger partial charge in [-0.05, 0) is 12.1 Å². The van der Waals surface area contributed by atoms with Crippen LogP contribution in [0.15, 0.2) is 60.0 Å². The van der Waals surface area contributed by atoms with Crippen LogP contribution in [0.25, 0.3) is 16.4 Å². The van der Waals surface area contributed by atoms with E-state index in [1.54, 1.807) is 24.2 Å². The highest BCUT2D eigenvalue weighted by Crippen LogP contribution is 2.24. The number of ether oxygens (including phenoxy) is 1. The van der Waals surface area contributed by atoms with Crippen LogP contribution in [0.2, 0.25) is 0 Å². The van der Waals surface area contributed by atoms with Crippen molar-refractivity contribution in [2.24, 2.45) is 5.10 Å². The third-order valence-corrected chi connectivity index (χ3v) is 3.67. The SMILES string of the molecule is COc1ccccc1/C=N\Nc1nn2cnnc2c2ccccc12.